The standard InChI is InChI=1S/C11H18N4O2.C6H5FN2O2.C6H15N/c1-13(2)6-7-14(3)11-5-4-9(15(16)17)8-10(11)12;7-5-2-1-4(9(10)11)3-6(5)8;1-4-5-6-7(2)3/h4-5,8H,6-7,12H2,1-3H3;1-3H,8H2;4-6H2,1-3H3. The Morgan fingerprint density at radius 2 is 1.29 bits per heavy atom. The lowest BCUT2D eigenvalue weighted by atomic mass is 10.2. The third-order valence-corrected chi connectivity index (χ3v) is 4.67. The van der Waals surface area contributed by atoms with Crippen LogP contribution in [-0.2, 0) is 0 Å². The van der Waals surface area contributed by atoms with Gasteiger partial charge in [-0.25, -0.2) is 4.39 Å². The Bertz CT molecular complexity index is 942. The van der Waals surface area contributed by atoms with Gasteiger partial charge in [0.2, 0.25) is 0 Å². The molecule has 0 saturated heterocycles. The smallest absolute Gasteiger partial charge is 0.271 e. The Hall–Kier alpha value is -3.51. The molecular formula is C23H38FN7O4. The molecule has 11 nitrogen and oxygen atoms in total. The Balaban J connectivity index is 0.000000550. The van der Waals surface area contributed by atoms with Crippen molar-refractivity contribution in [3.05, 3.63) is 62.4 Å². The number of nitrogens with two attached hydrogens (primary N) is 2. The monoisotopic (exact) mass is 495 g/mol. The summed E-state index contributed by atoms with van der Waals surface area (Å²) in [5.41, 5.74) is 11.7. The highest BCUT2D eigenvalue weighted by Gasteiger charge is 2.11. The zero-order chi connectivity index (χ0) is 27.1. The van der Waals surface area contributed by atoms with E-state index in [0.717, 1.165) is 37.0 Å². The van der Waals surface area contributed by atoms with Gasteiger partial charge in [0.25, 0.3) is 11.4 Å². The van der Waals surface area contributed by atoms with Crippen molar-refractivity contribution >= 4 is 28.4 Å². The van der Waals surface area contributed by atoms with Crippen LogP contribution in [0.25, 0.3) is 0 Å². The number of benzene rings is 2. The SMILES string of the molecule is CCCCN(C)C.CN(C)CCN(C)c1ccc([N+](=O)[O-])cc1N.Nc1cc([N+](=O)[O-])ccc1F. The highest BCUT2D eigenvalue weighted by Crippen LogP contribution is 2.26. The van der Waals surface area contributed by atoms with E-state index in [4.69, 9.17) is 11.5 Å². The van der Waals surface area contributed by atoms with Gasteiger partial charge in [-0.1, -0.05) is 13.3 Å². The average molecular weight is 496 g/mol. The van der Waals surface area contributed by atoms with Crippen LogP contribution in [0.15, 0.2) is 36.4 Å². The first-order valence-corrected chi connectivity index (χ1v) is 11.0. The number of nitrogens with zero attached hydrogens (tertiary/aromatic N) is 5. The molecule has 0 atom stereocenters. The maximum atomic E-state index is 12.4. The summed E-state index contributed by atoms with van der Waals surface area (Å²) in [4.78, 5) is 25.9. The number of halogens is 1. The lowest BCUT2D eigenvalue weighted by molar-refractivity contribution is -0.385. The number of non-ortho nitro benzene ring substituents is 2. The molecule has 0 fully saturated rings. The molecule has 2 aromatic rings. The molecule has 0 saturated carbocycles. The largest absolute Gasteiger partial charge is 0.397 e. The minimum absolute atomic E-state index is 0.0206. The van der Waals surface area contributed by atoms with E-state index in [2.05, 4.69) is 30.8 Å². The van der Waals surface area contributed by atoms with E-state index in [1.807, 2.05) is 26.0 Å². The van der Waals surface area contributed by atoms with Crippen molar-refractivity contribution in [2.75, 3.05) is 71.2 Å². The Kier molecular flexibility index (Phi) is 14.6. The molecule has 35 heavy (non-hydrogen) atoms. The molecule has 0 aliphatic carbocycles. The van der Waals surface area contributed by atoms with Crippen molar-refractivity contribution in [3.63, 3.8) is 0 Å². The van der Waals surface area contributed by atoms with Crippen LogP contribution in [0.4, 0.5) is 32.8 Å². The second-order valence-corrected chi connectivity index (χ2v) is 8.34. The van der Waals surface area contributed by atoms with Gasteiger partial charge in [0.1, 0.15) is 5.82 Å². The summed E-state index contributed by atoms with van der Waals surface area (Å²) in [6, 6.07) is 7.55. The highest BCUT2D eigenvalue weighted by atomic mass is 19.1. The number of nitro groups is 2. The molecule has 0 aliphatic heterocycles. The van der Waals surface area contributed by atoms with Crippen molar-refractivity contribution in [2.24, 2.45) is 0 Å². The van der Waals surface area contributed by atoms with Crippen LogP contribution >= 0.6 is 0 Å². The summed E-state index contributed by atoms with van der Waals surface area (Å²) >= 11 is 0. The van der Waals surface area contributed by atoms with Gasteiger partial charge in [-0.05, 0) is 53.3 Å². The highest BCUT2D eigenvalue weighted by molar-refractivity contribution is 5.70. The summed E-state index contributed by atoms with van der Waals surface area (Å²) in [7, 11) is 10.1. The van der Waals surface area contributed by atoms with E-state index in [1.165, 1.54) is 31.5 Å². The second-order valence-electron chi connectivity index (χ2n) is 8.34. The van der Waals surface area contributed by atoms with Crippen LogP contribution in [0.1, 0.15) is 19.8 Å². The summed E-state index contributed by atoms with van der Waals surface area (Å²) in [6.07, 6.45) is 2.63. The predicted molar refractivity (Wildman–Crippen MR) is 140 cm³/mol. The van der Waals surface area contributed by atoms with Crippen LogP contribution in [0.2, 0.25) is 0 Å². The number of rotatable bonds is 9. The van der Waals surface area contributed by atoms with E-state index in [-0.39, 0.29) is 17.1 Å². The number of nitro benzene ring substituents is 2. The summed E-state index contributed by atoms with van der Waals surface area (Å²) < 4.78 is 12.4. The summed E-state index contributed by atoms with van der Waals surface area (Å²) in [6.45, 7) is 5.15. The zero-order valence-electron chi connectivity index (χ0n) is 21.4. The Labute approximate surface area is 206 Å². The molecule has 2 aromatic carbocycles. The van der Waals surface area contributed by atoms with E-state index >= 15 is 0 Å². The lowest BCUT2D eigenvalue weighted by Crippen LogP contribution is -2.28. The van der Waals surface area contributed by atoms with Crippen LogP contribution in [0.3, 0.4) is 0 Å². The van der Waals surface area contributed by atoms with Crippen molar-refractivity contribution < 1.29 is 14.2 Å². The van der Waals surface area contributed by atoms with Gasteiger partial charge >= 0.3 is 0 Å². The molecule has 0 radical (unpaired) electrons. The first-order valence-electron chi connectivity index (χ1n) is 11.0. The zero-order valence-corrected chi connectivity index (χ0v) is 21.4. The van der Waals surface area contributed by atoms with Gasteiger partial charge in [-0.2, -0.15) is 0 Å². The van der Waals surface area contributed by atoms with Gasteiger partial charge in [0, 0.05) is 44.4 Å². The van der Waals surface area contributed by atoms with Crippen LogP contribution < -0.4 is 16.4 Å². The first-order chi connectivity index (χ1) is 16.3. The molecule has 2 rings (SSSR count). The Morgan fingerprint density at radius 3 is 1.66 bits per heavy atom. The number of likely N-dealkylation sites (N-methyl/N-ethyl adjacent to an activating group) is 2. The molecule has 0 spiro atoms. The van der Waals surface area contributed by atoms with Gasteiger partial charge in [0.05, 0.1) is 26.9 Å². The number of unbranched alkanes of at least 4 members (excludes halogenated alkanes) is 1. The van der Waals surface area contributed by atoms with Gasteiger partial charge in [-0.3, -0.25) is 20.2 Å². The summed E-state index contributed by atoms with van der Waals surface area (Å²) in [5, 5.41) is 20.7. The third-order valence-electron chi connectivity index (χ3n) is 4.67. The number of nitrogen functional groups attached to an aromatic ring is 2. The van der Waals surface area contributed by atoms with Crippen molar-refractivity contribution in [2.45, 2.75) is 19.8 Å². The molecule has 0 aliphatic rings. The molecule has 0 bridgehead atoms. The van der Waals surface area contributed by atoms with Crippen molar-refractivity contribution in [1.82, 2.24) is 9.80 Å². The molecule has 0 unspecified atom stereocenters. The quantitative estimate of drug-likeness (QED) is 0.301. The van der Waals surface area contributed by atoms with Crippen LogP contribution in [0, 0.1) is 26.0 Å². The molecule has 4 N–H and O–H groups in total. The van der Waals surface area contributed by atoms with Crippen molar-refractivity contribution in [1.29, 1.82) is 0 Å². The van der Waals surface area contributed by atoms with Crippen molar-refractivity contribution in [3.8, 4) is 0 Å². The summed E-state index contributed by atoms with van der Waals surface area (Å²) in [5.74, 6) is -0.643. The Morgan fingerprint density at radius 1 is 0.800 bits per heavy atom. The lowest BCUT2D eigenvalue weighted by Gasteiger charge is -2.22. The average Bonchev–Trinajstić information content (AvgIpc) is 2.78. The minimum Gasteiger partial charge on any atom is -0.397 e. The third kappa shape index (κ3) is 13.1. The fraction of sp³-hybridized carbons (Fsp3) is 0.478. The minimum atomic E-state index is -0.643. The number of hydrogen-bond acceptors (Lipinski definition) is 9. The van der Waals surface area contributed by atoms with Gasteiger partial charge in [0.15, 0.2) is 0 Å². The first kappa shape index (κ1) is 31.5. The number of anilines is 3. The normalized spacial score (nSPS) is 10.2. The second kappa shape index (κ2) is 16.2. The van der Waals surface area contributed by atoms with E-state index in [1.54, 1.807) is 6.07 Å². The number of hydrogen-bond donors (Lipinski definition) is 2. The molecular weight excluding hydrogens is 457 g/mol. The van der Waals surface area contributed by atoms with E-state index < -0.39 is 15.7 Å². The maximum Gasteiger partial charge on any atom is 0.271 e. The molecule has 0 heterocycles. The van der Waals surface area contributed by atoms with Crippen LogP contribution in [0.5, 0.6) is 0 Å². The molecule has 0 aromatic heterocycles. The van der Waals surface area contributed by atoms with E-state index in [9.17, 15) is 24.6 Å². The molecule has 12 heteroatoms. The fourth-order valence-electron chi connectivity index (χ4n) is 2.59. The van der Waals surface area contributed by atoms with Gasteiger partial charge in [-0.15, -0.1) is 0 Å². The van der Waals surface area contributed by atoms with Gasteiger partial charge < -0.3 is 26.2 Å². The molecule has 196 valence electrons. The molecule has 0 amide bonds. The maximum absolute atomic E-state index is 12.4. The van der Waals surface area contributed by atoms with E-state index in [0.29, 0.717) is 5.69 Å². The topological polar surface area (TPSA) is 148 Å². The predicted octanol–water partition coefficient (Wildman–Crippen LogP) is 3.84. The fourth-order valence-corrected chi connectivity index (χ4v) is 2.59. The van der Waals surface area contributed by atoms with Crippen LogP contribution in [-0.4, -0.2) is 74.5 Å².